The molecule has 2 aromatic carbocycles. The zero-order valence-electron chi connectivity index (χ0n) is 18.3. The molecule has 3 atom stereocenters. The molecule has 30 heavy (non-hydrogen) atoms. The quantitative estimate of drug-likeness (QED) is 0.748. The summed E-state index contributed by atoms with van der Waals surface area (Å²) in [5.41, 5.74) is 2.94. The summed E-state index contributed by atoms with van der Waals surface area (Å²) in [7, 11) is 3.66. The molecule has 4 nitrogen and oxygen atoms in total. The summed E-state index contributed by atoms with van der Waals surface area (Å²) < 4.78 is 0. The van der Waals surface area contributed by atoms with Gasteiger partial charge in [-0.25, -0.2) is 0 Å². The van der Waals surface area contributed by atoms with E-state index < -0.39 is 5.41 Å². The van der Waals surface area contributed by atoms with Crippen molar-refractivity contribution in [3.05, 3.63) is 60.2 Å². The molecule has 2 amide bonds. The first-order chi connectivity index (χ1) is 14.4. The molecule has 1 saturated heterocycles. The molecule has 0 bridgehead atoms. The van der Waals surface area contributed by atoms with Gasteiger partial charge in [-0.2, -0.15) is 0 Å². The van der Waals surface area contributed by atoms with Gasteiger partial charge >= 0.3 is 0 Å². The molecular weight excluding hydrogens is 372 g/mol. The Labute approximate surface area is 179 Å². The predicted octanol–water partition coefficient (Wildman–Crippen LogP) is 4.25. The van der Waals surface area contributed by atoms with E-state index in [2.05, 4.69) is 37.3 Å². The standard InChI is InChI=1S/C26H32N2O2/c1-19-16-23(19)24(29)28-15-9-14-26(18-28,25(30)27(2)3)17-21-12-7-8-13-22(21)20-10-5-4-6-11-20/h4-8,10-13,19,23H,9,14-18H2,1-3H3/t19-,23+,26+/m1/s1. The molecule has 2 aromatic rings. The largest absolute Gasteiger partial charge is 0.348 e. The molecule has 0 unspecified atom stereocenters. The number of amides is 2. The molecule has 0 N–H and O–H groups in total. The van der Waals surface area contributed by atoms with Crippen LogP contribution in [0.5, 0.6) is 0 Å². The van der Waals surface area contributed by atoms with Crippen molar-refractivity contribution in [1.29, 1.82) is 0 Å². The average molecular weight is 405 g/mol. The summed E-state index contributed by atoms with van der Waals surface area (Å²) in [6.45, 7) is 3.43. The van der Waals surface area contributed by atoms with Crippen molar-refractivity contribution in [2.45, 2.75) is 32.6 Å². The van der Waals surface area contributed by atoms with Crippen molar-refractivity contribution < 1.29 is 9.59 Å². The van der Waals surface area contributed by atoms with Gasteiger partial charge < -0.3 is 9.80 Å². The molecule has 2 aliphatic rings. The number of piperidine rings is 1. The van der Waals surface area contributed by atoms with Crippen molar-refractivity contribution in [3.63, 3.8) is 0 Å². The van der Waals surface area contributed by atoms with Gasteiger partial charge in [0.05, 0.1) is 5.41 Å². The fourth-order valence-corrected chi connectivity index (χ4v) is 5.03. The van der Waals surface area contributed by atoms with E-state index in [9.17, 15) is 9.59 Å². The van der Waals surface area contributed by atoms with E-state index in [0.29, 0.717) is 18.9 Å². The lowest BCUT2D eigenvalue weighted by atomic mass is 9.72. The molecule has 1 heterocycles. The average Bonchev–Trinajstić information content (AvgIpc) is 3.50. The van der Waals surface area contributed by atoms with Crippen LogP contribution in [0.3, 0.4) is 0 Å². The lowest BCUT2D eigenvalue weighted by molar-refractivity contribution is -0.147. The second-order valence-electron chi connectivity index (χ2n) is 9.36. The predicted molar refractivity (Wildman–Crippen MR) is 120 cm³/mol. The first-order valence-electron chi connectivity index (χ1n) is 11.1. The van der Waals surface area contributed by atoms with Gasteiger partial charge in [-0.05, 0) is 48.3 Å². The summed E-state index contributed by atoms with van der Waals surface area (Å²) in [6, 6.07) is 18.7. The van der Waals surface area contributed by atoms with Crippen molar-refractivity contribution in [2.75, 3.05) is 27.2 Å². The lowest BCUT2D eigenvalue weighted by Gasteiger charge is -2.43. The minimum Gasteiger partial charge on any atom is -0.348 e. The van der Waals surface area contributed by atoms with Crippen molar-refractivity contribution in [1.82, 2.24) is 9.80 Å². The number of benzene rings is 2. The van der Waals surface area contributed by atoms with E-state index in [4.69, 9.17) is 0 Å². The summed E-state index contributed by atoms with van der Waals surface area (Å²) >= 11 is 0. The zero-order chi connectivity index (χ0) is 21.3. The van der Waals surface area contributed by atoms with Crippen LogP contribution >= 0.6 is 0 Å². The normalized spacial score (nSPS) is 25.6. The van der Waals surface area contributed by atoms with Gasteiger partial charge in [-0.1, -0.05) is 61.5 Å². The summed E-state index contributed by atoms with van der Waals surface area (Å²) in [4.78, 5) is 30.2. The topological polar surface area (TPSA) is 40.6 Å². The molecule has 0 spiro atoms. The van der Waals surface area contributed by atoms with Gasteiger partial charge in [0.1, 0.15) is 0 Å². The van der Waals surface area contributed by atoms with Crippen LogP contribution in [0.1, 0.15) is 31.7 Å². The number of nitrogens with zero attached hydrogens (tertiary/aromatic N) is 2. The fourth-order valence-electron chi connectivity index (χ4n) is 5.03. The van der Waals surface area contributed by atoms with Gasteiger partial charge in [-0.15, -0.1) is 0 Å². The third-order valence-electron chi connectivity index (χ3n) is 6.81. The fraction of sp³-hybridized carbons (Fsp3) is 0.462. The molecule has 1 aliphatic carbocycles. The molecule has 158 valence electrons. The third kappa shape index (κ3) is 4.00. The van der Waals surface area contributed by atoms with Gasteiger partial charge in [-0.3, -0.25) is 9.59 Å². The molecule has 4 rings (SSSR count). The third-order valence-corrected chi connectivity index (χ3v) is 6.81. The van der Waals surface area contributed by atoms with Crippen LogP contribution in [-0.2, 0) is 16.0 Å². The monoisotopic (exact) mass is 404 g/mol. The zero-order valence-corrected chi connectivity index (χ0v) is 18.3. The highest BCUT2D eigenvalue weighted by atomic mass is 16.2. The van der Waals surface area contributed by atoms with E-state index in [-0.39, 0.29) is 17.7 Å². The first-order valence-corrected chi connectivity index (χ1v) is 11.1. The van der Waals surface area contributed by atoms with E-state index in [1.165, 1.54) is 11.1 Å². The summed E-state index contributed by atoms with van der Waals surface area (Å²) in [5.74, 6) is 1.02. The Morgan fingerprint density at radius 2 is 1.73 bits per heavy atom. The van der Waals surface area contributed by atoms with Crippen LogP contribution in [-0.4, -0.2) is 48.8 Å². The second kappa shape index (κ2) is 8.25. The number of rotatable bonds is 5. The molecular formula is C26H32N2O2. The first kappa shape index (κ1) is 20.6. The van der Waals surface area contributed by atoms with Crippen molar-refractivity contribution >= 4 is 11.8 Å². The molecule has 0 radical (unpaired) electrons. The van der Waals surface area contributed by atoms with Crippen molar-refractivity contribution in [3.8, 4) is 11.1 Å². The Morgan fingerprint density at radius 1 is 1.07 bits per heavy atom. The lowest BCUT2D eigenvalue weighted by Crippen LogP contribution is -2.54. The van der Waals surface area contributed by atoms with Gasteiger partial charge in [0.2, 0.25) is 11.8 Å². The Kier molecular flexibility index (Phi) is 5.68. The summed E-state index contributed by atoms with van der Waals surface area (Å²) in [6.07, 6.45) is 3.33. The van der Waals surface area contributed by atoms with E-state index in [0.717, 1.165) is 31.4 Å². The highest BCUT2D eigenvalue weighted by Crippen LogP contribution is 2.43. The number of carbonyl (C=O) groups excluding carboxylic acids is 2. The van der Waals surface area contributed by atoms with Crippen LogP contribution < -0.4 is 0 Å². The molecule has 1 aliphatic heterocycles. The van der Waals surface area contributed by atoms with E-state index >= 15 is 0 Å². The Bertz CT molecular complexity index is 924. The molecule has 1 saturated carbocycles. The molecule has 2 fully saturated rings. The van der Waals surface area contributed by atoms with Crippen LogP contribution in [0.4, 0.5) is 0 Å². The van der Waals surface area contributed by atoms with Gasteiger partial charge in [0.25, 0.3) is 0 Å². The maximum absolute atomic E-state index is 13.5. The molecule has 4 heteroatoms. The number of carbonyl (C=O) groups is 2. The maximum Gasteiger partial charge on any atom is 0.230 e. The number of hydrogen-bond acceptors (Lipinski definition) is 2. The van der Waals surface area contributed by atoms with Gasteiger partial charge in [0, 0.05) is 33.1 Å². The Morgan fingerprint density at radius 3 is 2.40 bits per heavy atom. The van der Waals surface area contributed by atoms with Crippen LogP contribution in [0.25, 0.3) is 11.1 Å². The van der Waals surface area contributed by atoms with E-state index in [1.807, 2.05) is 43.3 Å². The number of likely N-dealkylation sites (tertiary alicyclic amines) is 1. The number of hydrogen-bond donors (Lipinski definition) is 0. The van der Waals surface area contributed by atoms with Gasteiger partial charge in [0.15, 0.2) is 0 Å². The highest BCUT2D eigenvalue weighted by molar-refractivity contribution is 5.86. The van der Waals surface area contributed by atoms with Crippen molar-refractivity contribution in [2.24, 2.45) is 17.3 Å². The highest BCUT2D eigenvalue weighted by Gasteiger charge is 2.48. The van der Waals surface area contributed by atoms with E-state index in [1.54, 1.807) is 4.90 Å². The van der Waals surface area contributed by atoms with Crippen LogP contribution in [0, 0.1) is 17.3 Å². The van der Waals surface area contributed by atoms with Crippen LogP contribution in [0.15, 0.2) is 54.6 Å². The molecule has 0 aromatic heterocycles. The Balaban J connectivity index is 1.67. The minimum absolute atomic E-state index is 0.131. The SMILES string of the molecule is C[C@@H]1C[C@@H]1C(=O)N1CCC[C@@](Cc2ccccc2-c2ccccc2)(C(=O)N(C)C)C1. The maximum atomic E-state index is 13.5. The Hall–Kier alpha value is -2.62. The van der Waals surface area contributed by atoms with Crippen LogP contribution in [0.2, 0.25) is 0 Å². The smallest absolute Gasteiger partial charge is 0.230 e. The summed E-state index contributed by atoms with van der Waals surface area (Å²) in [5, 5.41) is 0. The second-order valence-corrected chi connectivity index (χ2v) is 9.36. The minimum atomic E-state index is -0.569.